The Balaban J connectivity index is 1.65. The highest BCUT2D eigenvalue weighted by atomic mass is 16.5. The highest BCUT2D eigenvalue weighted by Gasteiger charge is 2.18. The van der Waals surface area contributed by atoms with Crippen molar-refractivity contribution in [2.24, 2.45) is 0 Å². The average Bonchev–Trinajstić information content (AvgIpc) is 3.00. The first-order valence-electron chi connectivity index (χ1n) is 8.27. The Hall–Kier alpha value is -2.30. The first-order chi connectivity index (χ1) is 11.2. The summed E-state index contributed by atoms with van der Waals surface area (Å²) in [6.07, 6.45) is 5.14. The maximum absolute atomic E-state index is 12.4. The van der Waals surface area contributed by atoms with Gasteiger partial charge in [-0.15, -0.1) is 0 Å². The minimum absolute atomic E-state index is 0.0723. The van der Waals surface area contributed by atoms with Gasteiger partial charge in [-0.2, -0.15) is 0 Å². The summed E-state index contributed by atoms with van der Waals surface area (Å²) >= 11 is 0. The minimum atomic E-state index is -0.117. The lowest BCUT2D eigenvalue weighted by molar-refractivity contribution is 0.0935. The zero-order valence-corrected chi connectivity index (χ0v) is 13.7. The van der Waals surface area contributed by atoms with Crippen molar-refractivity contribution in [3.8, 4) is 5.75 Å². The van der Waals surface area contributed by atoms with Gasteiger partial charge in [-0.05, 0) is 44.4 Å². The number of carbonyl (C=O) groups is 1. The van der Waals surface area contributed by atoms with Crippen molar-refractivity contribution >= 4 is 5.91 Å². The number of hydrogen-bond donors (Lipinski definition) is 1. The van der Waals surface area contributed by atoms with E-state index in [1.165, 1.54) is 0 Å². The number of hydrogen-bond acceptors (Lipinski definition) is 3. The van der Waals surface area contributed by atoms with Crippen LogP contribution in [0.15, 0.2) is 30.5 Å². The van der Waals surface area contributed by atoms with Crippen molar-refractivity contribution in [2.45, 2.75) is 45.7 Å². The summed E-state index contributed by atoms with van der Waals surface area (Å²) in [5, 5.41) is 3.02. The zero-order chi connectivity index (χ0) is 16.2. The number of aryl methyl sites for hydroxylation is 2. The highest BCUT2D eigenvalue weighted by molar-refractivity contribution is 5.92. The van der Waals surface area contributed by atoms with Crippen molar-refractivity contribution in [1.82, 2.24) is 14.9 Å². The van der Waals surface area contributed by atoms with Crippen molar-refractivity contribution in [3.05, 3.63) is 47.5 Å². The number of fused-ring (bicyclic) bond motifs is 1. The van der Waals surface area contributed by atoms with Crippen LogP contribution >= 0.6 is 0 Å². The summed E-state index contributed by atoms with van der Waals surface area (Å²) in [6.45, 7) is 5.55. The molecule has 1 aliphatic heterocycles. The van der Waals surface area contributed by atoms with Gasteiger partial charge in [-0.3, -0.25) is 4.79 Å². The van der Waals surface area contributed by atoms with E-state index in [2.05, 4.69) is 14.9 Å². The van der Waals surface area contributed by atoms with E-state index in [4.69, 9.17) is 4.74 Å². The molecule has 0 saturated heterocycles. The maximum Gasteiger partial charge on any atom is 0.271 e. The summed E-state index contributed by atoms with van der Waals surface area (Å²) in [5.74, 6) is 1.75. The third-order valence-corrected chi connectivity index (χ3v) is 4.18. The van der Waals surface area contributed by atoms with Crippen molar-refractivity contribution in [2.75, 3.05) is 6.61 Å². The van der Waals surface area contributed by atoms with Crippen molar-refractivity contribution in [3.63, 3.8) is 0 Å². The number of carbonyl (C=O) groups excluding carboxylic acids is 1. The third kappa shape index (κ3) is 3.55. The second-order valence-corrected chi connectivity index (χ2v) is 5.89. The number of rotatable bonds is 5. The lowest BCUT2D eigenvalue weighted by atomic mass is 10.1. The van der Waals surface area contributed by atoms with Crippen LogP contribution in [0.4, 0.5) is 0 Å². The van der Waals surface area contributed by atoms with Gasteiger partial charge in [0.1, 0.15) is 17.3 Å². The average molecular weight is 313 g/mol. The van der Waals surface area contributed by atoms with Crippen molar-refractivity contribution < 1.29 is 9.53 Å². The smallest absolute Gasteiger partial charge is 0.271 e. The van der Waals surface area contributed by atoms with Crippen LogP contribution in [-0.2, 0) is 13.0 Å². The standard InChI is InChI=1S/C18H23N3O2/c1-3-23-15-9-7-14(8-10-15)13(2)19-18(22)16-12-21-11-5-4-6-17(21)20-16/h7-10,12-13H,3-6,11H2,1-2H3,(H,19,22)/t13-/m1/s1. The molecule has 23 heavy (non-hydrogen) atoms. The Morgan fingerprint density at radius 2 is 2.13 bits per heavy atom. The molecule has 0 fully saturated rings. The molecule has 5 nitrogen and oxygen atoms in total. The predicted octanol–water partition coefficient (Wildman–Crippen LogP) is 3.11. The summed E-state index contributed by atoms with van der Waals surface area (Å²) in [5.41, 5.74) is 1.56. The lowest BCUT2D eigenvalue weighted by Crippen LogP contribution is -2.27. The molecule has 1 N–H and O–H groups in total. The number of aromatic nitrogens is 2. The first-order valence-corrected chi connectivity index (χ1v) is 8.27. The molecule has 3 rings (SSSR count). The second-order valence-electron chi connectivity index (χ2n) is 5.89. The topological polar surface area (TPSA) is 56.1 Å². The number of imidazole rings is 1. The van der Waals surface area contributed by atoms with E-state index in [1.54, 1.807) is 0 Å². The first kappa shape index (κ1) is 15.6. The van der Waals surface area contributed by atoms with Gasteiger partial charge in [0, 0.05) is 19.2 Å². The van der Waals surface area contributed by atoms with Gasteiger partial charge in [0.15, 0.2) is 0 Å². The van der Waals surface area contributed by atoms with Crippen LogP contribution in [0, 0.1) is 0 Å². The molecule has 5 heteroatoms. The SMILES string of the molecule is CCOc1ccc([C@@H](C)NC(=O)c2cn3c(n2)CCCC3)cc1. The van der Waals surface area contributed by atoms with E-state index in [1.807, 2.05) is 44.3 Å². The van der Waals surface area contributed by atoms with Crippen LogP contribution in [0.5, 0.6) is 5.75 Å². The molecular formula is C18H23N3O2. The van der Waals surface area contributed by atoms with Crippen LogP contribution in [0.3, 0.4) is 0 Å². The molecule has 0 radical (unpaired) electrons. The van der Waals surface area contributed by atoms with Crippen LogP contribution in [0.1, 0.15) is 54.6 Å². The molecule has 0 bridgehead atoms. The molecule has 1 aromatic carbocycles. The van der Waals surface area contributed by atoms with Crippen LogP contribution in [0.2, 0.25) is 0 Å². The molecule has 2 heterocycles. The molecule has 2 aromatic rings. The monoisotopic (exact) mass is 313 g/mol. The molecule has 1 amide bonds. The van der Waals surface area contributed by atoms with Gasteiger partial charge in [0.05, 0.1) is 12.6 Å². The molecule has 1 aromatic heterocycles. The molecule has 0 unspecified atom stereocenters. The fourth-order valence-electron chi connectivity index (χ4n) is 2.90. The fraction of sp³-hybridized carbons (Fsp3) is 0.444. The number of nitrogens with one attached hydrogen (secondary N) is 1. The summed E-state index contributed by atoms with van der Waals surface area (Å²) in [7, 11) is 0. The normalized spacial score (nSPS) is 14.9. The van der Waals surface area contributed by atoms with Gasteiger partial charge in [-0.25, -0.2) is 4.98 Å². The van der Waals surface area contributed by atoms with E-state index in [0.29, 0.717) is 12.3 Å². The van der Waals surface area contributed by atoms with E-state index in [9.17, 15) is 4.79 Å². The van der Waals surface area contributed by atoms with Gasteiger partial charge in [0.25, 0.3) is 5.91 Å². The third-order valence-electron chi connectivity index (χ3n) is 4.18. The van der Waals surface area contributed by atoms with Crippen LogP contribution in [-0.4, -0.2) is 22.1 Å². The number of benzene rings is 1. The lowest BCUT2D eigenvalue weighted by Gasteiger charge is -2.14. The highest BCUT2D eigenvalue weighted by Crippen LogP contribution is 2.19. The zero-order valence-electron chi connectivity index (χ0n) is 13.7. The quantitative estimate of drug-likeness (QED) is 0.923. The molecule has 0 saturated carbocycles. The Bertz CT molecular complexity index is 653. The molecule has 0 spiro atoms. The Labute approximate surface area is 136 Å². The van der Waals surface area contributed by atoms with Gasteiger partial charge in [0.2, 0.25) is 0 Å². The van der Waals surface area contributed by atoms with Crippen molar-refractivity contribution in [1.29, 1.82) is 0 Å². The maximum atomic E-state index is 12.4. The number of ether oxygens (including phenoxy) is 1. The molecule has 0 aliphatic carbocycles. The molecule has 122 valence electrons. The van der Waals surface area contributed by atoms with E-state index in [0.717, 1.165) is 42.9 Å². The summed E-state index contributed by atoms with van der Waals surface area (Å²) < 4.78 is 7.53. The minimum Gasteiger partial charge on any atom is -0.494 e. The van der Waals surface area contributed by atoms with E-state index >= 15 is 0 Å². The van der Waals surface area contributed by atoms with Gasteiger partial charge >= 0.3 is 0 Å². The Morgan fingerprint density at radius 3 is 2.83 bits per heavy atom. The van der Waals surface area contributed by atoms with Crippen LogP contribution in [0.25, 0.3) is 0 Å². The number of amides is 1. The fourth-order valence-corrected chi connectivity index (χ4v) is 2.90. The van der Waals surface area contributed by atoms with E-state index < -0.39 is 0 Å². The number of nitrogens with zero attached hydrogens (tertiary/aromatic N) is 2. The predicted molar refractivity (Wildman–Crippen MR) is 88.7 cm³/mol. The van der Waals surface area contributed by atoms with E-state index in [-0.39, 0.29) is 11.9 Å². The summed E-state index contributed by atoms with van der Waals surface area (Å²) in [4.78, 5) is 16.9. The molecule has 1 atom stereocenters. The summed E-state index contributed by atoms with van der Waals surface area (Å²) in [6, 6.07) is 7.74. The Morgan fingerprint density at radius 1 is 1.35 bits per heavy atom. The second kappa shape index (κ2) is 6.86. The largest absolute Gasteiger partial charge is 0.494 e. The molecule has 1 aliphatic rings. The van der Waals surface area contributed by atoms with Gasteiger partial charge in [-0.1, -0.05) is 12.1 Å². The van der Waals surface area contributed by atoms with Crippen LogP contribution < -0.4 is 10.1 Å². The Kier molecular flexibility index (Phi) is 4.65. The van der Waals surface area contributed by atoms with Gasteiger partial charge < -0.3 is 14.6 Å². The molecular weight excluding hydrogens is 290 g/mol.